The molecule has 0 radical (unpaired) electrons. The topological polar surface area (TPSA) is 69.4 Å². The molecule has 142 valence electrons. The Bertz CT molecular complexity index is 790. The van der Waals surface area contributed by atoms with Gasteiger partial charge < -0.3 is 14.9 Å². The van der Waals surface area contributed by atoms with Gasteiger partial charge in [-0.3, -0.25) is 4.79 Å². The lowest BCUT2D eigenvalue weighted by Gasteiger charge is -2.33. The summed E-state index contributed by atoms with van der Waals surface area (Å²) in [5.41, 5.74) is 4.34. The van der Waals surface area contributed by atoms with Gasteiger partial charge in [-0.05, 0) is 30.3 Å². The largest absolute Gasteiger partial charge is 0.507 e. The fourth-order valence-electron chi connectivity index (χ4n) is 3.12. The molecule has 0 atom stereocenters. The second-order valence-electron chi connectivity index (χ2n) is 6.57. The summed E-state index contributed by atoms with van der Waals surface area (Å²) >= 11 is 3.34. The number of anilines is 1. The summed E-state index contributed by atoms with van der Waals surface area (Å²) in [6, 6.07) is 15.5. The number of carbonyl (C=O) groups excluding carboxylic acids is 1. The molecule has 0 saturated carbocycles. The number of hydrogen-bond donors (Lipinski definition) is 3. The molecule has 0 unspecified atom stereocenters. The Hall–Kier alpha value is -2.38. The molecule has 27 heavy (non-hydrogen) atoms. The average molecular weight is 432 g/mol. The van der Waals surface area contributed by atoms with Crippen LogP contribution in [0.1, 0.15) is 12.0 Å². The summed E-state index contributed by atoms with van der Waals surface area (Å²) in [6.07, 6.45) is 1.88. The van der Waals surface area contributed by atoms with Crippen molar-refractivity contribution in [1.82, 2.24) is 5.43 Å². The van der Waals surface area contributed by atoms with Gasteiger partial charge in [-0.25, -0.2) is 5.43 Å². The number of phenols is 1. The molecular formula is C20H24BrN4O2+. The highest BCUT2D eigenvalue weighted by atomic mass is 79.9. The van der Waals surface area contributed by atoms with E-state index < -0.39 is 0 Å². The Balaban J connectivity index is 1.38. The lowest BCUT2D eigenvalue weighted by atomic mass is 10.2. The Morgan fingerprint density at radius 2 is 1.96 bits per heavy atom. The van der Waals surface area contributed by atoms with Crippen LogP contribution in [0.5, 0.6) is 5.75 Å². The summed E-state index contributed by atoms with van der Waals surface area (Å²) in [4.78, 5) is 15.8. The number of halogens is 1. The van der Waals surface area contributed by atoms with Gasteiger partial charge in [0.2, 0.25) is 5.91 Å². The molecule has 0 spiro atoms. The van der Waals surface area contributed by atoms with Crippen LogP contribution in [0.4, 0.5) is 5.69 Å². The number of hydrazone groups is 1. The fourth-order valence-corrected chi connectivity index (χ4v) is 3.50. The molecule has 1 amide bonds. The van der Waals surface area contributed by atoms with E-state index >= 15 is 0 Å². The first kappa shape index (κ1) is 19.4. The molecule has 1 heterocycles. The highest BCUT2D eigenvalue weighted by molar-refractivity contribution is 9.10. The summed E-state index contributed by atoms with van der Waals surface area (Å²) in [7, 11) is 0. The van der Waals surface area contributed by atoms with Crippen LogP contribution >= 0.6 is 15.9 Å². The zero-order valence-corrected chi connectivity index (χ0v) is 16.7. The second kappa shape index (κ2) is 9.53. The molecule has 0 aliphatic carbocycles. The summed E-state index contributed by atoms with van der Waals surface area (Å²) < 4.78 is 0.839. The third-order valence-electron chi connectivity index (χ3n) is 4.68. The highest BCUT2D eigenvalue weighted by Crippen LogP contribution is 2.19. The molecule has 2 aromatic rings. The van der Waals surface area contributed by atoms with Gasteiger partial charge in [-0.1, -0.05) is 34.1 Å². The third kappa shape index (κ3) is 5.80. The molecule has 1 saturated heterocycles. The number of nitrogens with zero attached hydrogens (tertiary/aromatic N) is 2. The van der Waals surface area contributed by atoms with Crippen molar-refractivity contribution in [2.24, 2.45) is 5.10 Å². The molecule has 6 nitrogen and oxygen atoms in total. The molecule has 3 N–H and O–H groups in total. The van der Waals surface area contributed by atoms with E-state index in [4.69, 9.17) is 0 Å². The molecule has 7 heteroatoms. The molecule has 3 rings (SSSR count). The molecule has 0 aromatic heterocycles. The Morgan fingerprint density at radius 1 is 1.22 bits per heavy atom. The van der Waals surface area contributed by atoms with Crippen molar-refractivity contribution < 1.29 is 14.8 Å². The van der Waals surface area contributed by atoms with Crippen LogP contribution in [-0.4, -0.2) is 50.0 Å². The number of nitrogens with one attached hydrogen (secondary N) is 2. The minimum atomic E-state index is -0.112. The maximum absolute atomic E-state index is 12.0. The molecule has 1 aliphatic heterocycles. The van der Waals surface area contributed by atoms with E-state index in [0.29, 0.717) is 12.0 Å². The number of aromatic hydroxyl groups is 1. The van der Waals surface area contributed by atoms with E-state index in [1.165, 1.54) is 16.8 Å². The SMILES string of the molecule is O=C(CC[NH+]1CCN(c2ccccc2)CC1)N/N=C/c1cc(Br)ccc1O. The van der Waals surface area contributed by atoms with E-state index in [1.54, 1.807) is 18.2 Å². The van der Waals surface area contributed by atoms with Crippen molar-refractivity contribution in [2.45, 2.75) is 6.42 Å². The first-order valence-corrected chi connectivity index (χ1v) is 9.85. The number of amides is 1. The van der Waals surface area contributed by atoms with Crippen molar-refractivity contribution in [3.8, 4) is 5.75 Å². The van der Waals surface area contributed by atoms with E-state index in [2.05, 4.69) is 55.6 Å². The maximum atomic E-state index is 12.0. The molecule has 1 fully saturated rings. The molecule has 0 bridgehead atoms. The number of rotatable bonds is 6. The van der Waals surface area contributed by atoms with Crippen LogP contribution in [0.25, 0.3) is 0 Å². The van der Waals surface area contributed by atoms with E-state index in [9.17, 15) is 9.90 Å². The average Bonchev–Trinajstić information content (AvgIpc) is 2.70. The van der Waals surface area contributed by atoms with Crippen LogP contribution in [0.15, 0.2) is 58.1 Å². The number of piperazine rings is 1. The van der Waals surface area contributed by atoms with Gasteiger partial charge >= 0.3 is 0 Å². The monoisotopic (exact) mass is 431 g/mol. The van der Waals surface area contributed by atoms with Gasteiger partial charge in [0.25, 0.3) is 0 Å². The lowest BCUT2D eigenvalue weighted by molar-refractivity contribution is -0.900. The van der Waals surface area contributed by atoms with Crippen LogP contribution in [-0.2, 0) is 4.79 Å². The van der Waals surface area contributed by atoms with Gasteiger partial charge in [0.15, 0.2) is 0 Å². The Morgan fingerprint density at radius 3 is 2.70 bits per heavy atom. The zero-order valence-electron chi connectivity index (χ0n) is 15.1. The first-order valence-electron chi connectivity index (χ1n) is 9.06. The van der Waals surface area contributed by atoms with E-state index in [1.807, 2.05) is 6.07 Å². The number of para-hydroxylation sites is 1. The highest BCUT2D eigenvalue weighted by Gasteiger charge is 2.20. The normalized spacial score (nSPS) is 15.2. The Kier molecular flexibility index (Phi) is 6.84. The standard InChI is InChI=1S/C20H23BrN4O2/c21-17-6-7-19(26)16(14-17)15-22-23-20(27)8-9-24-10-12-25(13-11-24)18-4-2-1-3-5-18/h1-7,14-15,26H,8-13H2,(H,23,27)/p+1/b22-15+. The van der Waals surface area contributed by atoms with Gasteiger partial charge in [0.1, 0.15) is 5.75 Å². The summed E-state index contributed by atoms with van der Waals surface area (Å²) in [5.74, 6) is 0.00987. The maximum Gasteiger partial charge on any atom is 0.245 e. The van der Waals surface area contributed by atoms with Gasteiger partial charge in [0.05, 0.1) is 45.4 Å². The number of phenolic OH excluding ortho intramolecular Hbond substituents is 1. The van der Waals surface area contributed by atoms with Crippen molar-refractivity contribution in [2.75, 3.05) is 37.6 Å². The molecule has 2 aromatic carbocycles. The smallest absolute Gasteiger partial charge is 0.245 e. The van der Waals surface area contributed by atoms with Crippen molar-refractivity contribution in [1.29, 1.82) is 0 Å². The van der Waals surface area contributed by atoms with Gasteiger partial charge in [0, 0.05) is 15.7 Å². The number of hydrogen-bond acceptors (Lipinski definition) is 4. The van der Waals surface area contributed by atoms with Crippen LogP contribution < -0.4 is 15.2 Å². The first-order chi connectivity index (χ1) is 13.1. The Labute approximate surface area is 167 Å². The van der Waals surface area contributed by atoms with Crippen molar-refractivity contribution in [3.63, 3.8) is 0 Å². The van der Waals surface area contributed by atoms with Crippen molar-refractivity contribution in [3.05, 3.63) is 58.6 Å². The fraction of sp³-hybridized carbons (Fsp3) is 0.300. The van der Waals surface area contributed by atoms with Crippen LogP contribution in [0.3, 0.4) is 0 Å². The summed E-state index contributed by atoms with van der Waals surface area (Å²) in [5, 5.41) is 13.7. The van der Waals surface area contributed by atoms with Crippen molar-refractivity contribution >= 4 is 33.7 Å². The zero-order chi connectivity index (χ0) is 19.1. The number of carbonyl (C=O) groups is 1. The minimum absolute atomic E-state index is 0.112. The quantitative estimate of drug-likeness (QED) is 0.478. The third-order valence-corrected chi connectivity index (χ3v) is 5.17. The summed E-state index contributed by atoms with van der Waals surface area (Å²) in [6.45, 7) is 4.85. The minimum Gasteiger partial charge on any atom is -0.507 e. The van der Waals surface area contributed by atoms with Crippen LogP contribution in [0, 0.1) is 0 Å². The van der Waals surface area contributed by atoms with Crippen LogP contribution in [0.2, 0.25) is 0 Å². The van der Waals surface area contributed by atoms with E-state index in [0.717, 1.165) is 37.2 Å². The predicted molar refractivity (Wildman–Crippen MR) is 110 cm³/mol. The van der Waals surface area contributed by atoms with E-state index in [-0.39, 0.29) is 11.7 Å². The number of benzene rings is 2. The van der Waals surface area contributed by atoms with Gasteiger partial charge in [-0.2, -0.15) is 5.10 Å². The predicted octanol–water partition coefficient (Wildman–Crippen LogP) is 1.40. The molecular weight excluding hydrogens is 408 g/mol. The second-order valence-corrected chi connectivity index (χ2v) is 7.48. The van der Waals surface area contributed by atoms with Gasteiger partial charge in [-0.15, -0.1) is 0 Å². The number of quaternary nitrogens is 1. The lowest BCUT2D eigenvalue weighted by Crippen LogP contribution is -3.15. The molecule has 1 aliphatic rings.